The molecule has 0 saturated heterocycles. The molecule has 1 aromatic carbocycles. The van der Waals surface area contributed by atoms with E-state index < -0.39 is 0 Å². The summed E-state index contributed by atoms with van der Waals surface area (Å²) in [6.45, 7) is 1.89. The van der Waals surface area contributed by atoms with Crippen molar-refractivity contribution in [3.05, 3.63) is 34.7 Å². The van der Waals surface area contributed by atoms with Crippen molar-refractivity contribution in [1.29, 1.82) is 0 Å². The number of halogens is 1. The van der Waals surface area contributed by atoms with Crippen molar-refractivity contribution in [3.8, 4) is 17.0 Å². The van der Waals surface area contributed by atoms with Gasteiger partial charge in [-0.2, -0.15) is 0 Å². The summed E-state index contributed by atoms with van der Waals surface area (Å²) in [5, 5.41) is 9.49. The Hall–Kier alpha value is -1.29. The third-order valence-electron chi connectivity index (χ3n) is 1.96. The molecule has 0 spiro atoms. The second-order valence-corrected chi connectivity index (χ2v) is 3.90. The van der Waals surface area contributed by atoms with Gasteiger partial charge < -0.3 is 10.1 Å². The molecule has 2 N–H and O–H groups in total. The molecule has 14 heavy (non-hydrogen) atoms. The maximum absolute atomic E-state index is 9.49. The van der Waals surface area contributed by atoms with Crippen molar-refractivity contribution in [2.45, 2.75) is 6.92 Å². The highest BCUT2D eigenvalue weighted by Crippen LogP contribution is 2.28. The molecular formula is C10H9BrN2O. The average molecular weight is 253 g/mol. The largest absolute Gasteiger partial charge is 0.507 e. The molecule has 2 rings (SSSR count). The topological polar surface area (TPSA) is 48.9 Å². The lowest BCUT2D eigenvalue weighted by atomic mass is 10.1. The number of aromatic nitrogens is 2. The summed E-state index contributed by atoms with van der Waals surface area (Å²) in [6.07, 6.45) is 1.75. The van der Waals surface area contributed by atoms with Gasteiger partial charge in [-0.3, -0.25) is 0 Å². The van der Waals surface area contributed by atoms with E-state index in [0.717, 1.165) is 17.1 Å². The zero-order valence-corrected chi connectivity index (χ0v) is 9.17. The number of hydrogen-bond donors (Lipinski definition) is 2. The highest BCUT2D eigenvalue weighted by Gasteiger charge is 2.03. The van der Waals surface area contributed by atoms with Crippen LogP contribution in [0.25, 0.3) is 11.3 Å². The Morgan fingerprint density at radius 2 is 2.21 bits per heavy atom. The fourth-order valence-corrected chi connectivity index (χ4v) is 1.49. The van der Waals surface area contributed by atoms with Crippen LogP contribution in [0.1, 0.15) is 5.82 Å². The average Bonchev–Trinajstić information content (AvgIpc) is 2.57. The minimum Gasteiger partial charge on any atom is -0.507 e. The normalized spacial score (nSPS) is 10.4. The molecule has 1 heterocycles. The number of benzene rings is 1. The summed E-state index contributed by atoms with van der Waals surface area (Å²) in [4.78, 5) is 7.20. The van der Waals surface area contributed by atoms with E-state index in [9.17, 15) is 5.11 Å². The fraction of sp³-hybridized carbons (Fsp3) is 0.100. The molecule has 0 aliphatic carbocycles. The van der Waals surface area contributed by atoms with Crippen molar-refractivity contribution in [1.82, 2.24) is 9.97 Å². The van der Waals surface area contributed by atoms with Gasteiger partial charge >= 0.3 is 0 Å². The maximum atomic E-state index is 9.49. The molecule has 0 aliphatic rings. The van der Waals surface area contributed by atoms with Crippen molar-refractivity contribution in [2.75, 3.05) is 0 Å². The number of hydrogen-bond acceptors (Lipinski definition) is 2. The van der Waals surface area contributed by atoms with E-state index in [-0.39, 0.29) is 5.75 Å². The highest BCUT2D eigenvalue weighted by molar-refractivity contribution is 9.10. The molecule has 3 nitrogen and oxygen atoms in total. The number of phenols is 1. The molecule has 2 aromatic rings. The smallest absolute Gasteiger partial charge is 0.130 e. The molecule has 0 amide bonds. The number of nitrogens with one attached hydrogen (secondary N) is 1. The summed E-state index contributed by atoms with van der Waals surface area (Å²) in [6, 6.07) is 5.41. The Morgan fingerprint density at radius 1 is 1.43 bits per heavy atom. The highest BCUT2D eigenvalue weighted by atomic mass is 79.9. The van der Waals surface area contributed by atoms with Crippen LogP contribution in [-0.2, 0) is 0 Å². The van der Waals surface area contributed by atoms with Crippen LogP contribution in [-0.4, -0.2) is 15.1 Å². The van der Waals surface area contributed by atoms with Gasteiger partial charge in [0.25, 0.3) is 0 Å². The van der Waals surface area contributed by atoms with E-state index in [1.54, 1.807) is 18.3 Å². The van der Waals surface area contributed by atoms with Gasteiger partial charge in [0.05, 0.1) is 16.4 Å². The van der Waals surface area contributed by atoms with Crippen molar-refractivity contribution in [3.63, 3.8) is 0 Å². The van der Waals surface area contributed by atoms with Crippen molar-refractivity contribution < 1.29 is 5.11 Å². The van der Waals surface area contributed by atoms with Crippen LogP contribution in [0.15, 0.2) is 28.9 Å². The summed E-state index contributed by atoms with van der Waals surface area (Å²) in [5.41, 5.74) is 1.83. The molecule has 1 aromatic heterocycles. The van der Waals surface area contributed by atoms with Crippen LogP contribution in [0.5, 0.6) is 5.75 Å². The summed E-state index contributed by atoms with van der Waals surface area (Å²) >= 11 is 3.23. The number of nitrogens with zero attached hydrogens (tertiary/aromatic N) is 1. The number of aromatic amines is 1. The molecule has 0 atom stereocenters. The molecule has 72 valence electrons. The molecule has 0 radical (unpaired) electrons. The molecule has 0 aliphatic heterocycles. The van der Waals surface area contributed by atoms with Gasteiger partial charge in [-0.05, 0) is 35.0 Å². The van der Waals surface area contributed by atoms with Gasteiger partial charge in [0.1, 0.15) is 11.6 Å². The number of H-pyrrole nitrogens is 1. The zero-order chi connectivity index (χ0) is 10.1. The standard InChI is InChI=1S/C10H9BrN2O/c1-6-12-5-9(13-6)7-2-3-8(11)10(14)4-7/h2-5,14H,1H3,(H,12,13). The third kappa shape index (κ3) is 1.65. The molecule has 0 fully saturated rings. The molecule has 0 unspecified atom stereocenters. The lowest BCUT2D eigenvalue weighted by molar-refractivity contribution is 0.472. The third-order valence-corrected chi connectivity index (χ3v) is 2.63. The summed E-state index contributed by atoms with van der Waals surface area (Å²) in [7, 11) is 0. The van der Waals surface area contributed by atoms with Crippen molar-refractivity contribution >= 4 is 15.9 Å². The minimum absolute atomic E-state index is 0.231. The van der Waals surface area contributed by atoms with Crippen LogP contribution in [0.2, 0.25) is 0 Å². The van der Waals surface area contributed by atoms with Crippen LogP contribution in [0.3, 0.4) is 0 Å². The summed E-state index contributed by atoms with van der Waals surface area (Å²) < 4.78 is 0.692. The number of aromatic hydroxyl groups is 1. The van der Waals surface area contributed by atoms with E-state index >= 15 is 0 Å². The van der Waals surface area contributed by atoms with Crippen LogP contribution < -0.4 is 0 Å². The molecule has 4 heteroatoms. The van der Waals surface area contributed by atoms with Crippen LogP contribution in [0, 0.1) is 6.92 Å². The van der Waals surface area contributed by atoms with E-state index in [1.807, 2.05) is 13.0 Å². The Labute approximate surface area is 89.9 Å². The van der Waals surface area contributed by atoms with Gasteiger partial charge in [-0.1, -0.05) is 6.07 Å². The maximum Gasteiger partial charge on any atom is 0.130 e. The van der Waals surface area contributed by atoms with Gasteiger partial charge in [0.15, 0.2) is 0 Å². The number of phenolic OH excluding ortho intramolecular Hbond substituents is 1. The fourth-order valence-electron chi connectivity index (χ4n) is 1.25. The Morgan fingerprint density at radius 3 is 2.79 bits per heavy atom. The van der Waals surface area contributed by atoms with E-state index in [4.69, 9.17) is 0 Å². The molecule has 0 bridgehead atoms. The van der Waals surface area contributed by atoms with E-state index in [1.165, 1.54) is 0 Å². The first-order valence-corrected chi connectivity index (χ1v) is 4.96. The van der Waals surface area contributed by atoms with Gasteiger partial charge in [0.2, 0.25) is 0 Å². The molecular weight excluding hydrogens is 244 g/mol. The number of aryl methyl sites for hydroxylation is 1. The Kier molecular flexibility index (Phi) is 2.29. The van der Waals surface area contributed by atoms with Crippen molar-refractivity contribution in [2.24, 2.45) is 0 Å². The second kappa shape index (κ2) is 3.46. The van der Waals surface area contributed by atoms with Gasteiger partial charge in [0, 0.05) is 5.56 Å². The minimum atomic E-state index is 0.231. The van der Waals surface area contributed by atoms with E-state index in [2.05, 4.69) is 25.9 Å². The first-order valence-electron chi connectivity index (χ1n) is 4.17. The lowest BCUT2D eigenvalue weighted by Crippen LogP contribution is -1.78. The zero-order valence-electron chi connectivity index (χ0n) is 7.58. The van der Waals surface area contributed by atoms with Crippen LogP contribution >= 0.6 is 15.9 Å². The van der Waals surface area contributed by atoms with Gasteiger partial charge in [-0.25, -0.2) is 4.98 Å². The monoisotopic (exact) mass is 252 g/mol. The predicted molar refractivity (Wildman–Crippen MR) is 58.1 cm³/mol. The first kappa shape index (κ1) is 9.27. The Bertz CT molecular complexity index is 465. The number of rotatable bonds is 1. The Balaban J connectivity index is 2.47. The first-order chi connectivity index (χ1) is 6.66. The quantitative estimate of drug-likeness (QED) is 0.820. The van der Waals surface area contributed by atoms with Crippen LogP contribution in [0.4, 0.5) is 0 Å². The molecule has 0 saturated carbocycles. The van der Waals surface area contributed by atoms with Gasteiger partial charge in [-0.15, -0.1) is 0 Å². The summed E-state index contributed by atoms with van der Waals surface area (Å²) in [5.74, 6) is 1.09. The number of imidazole rings is 1. The predicted octanol–water partition coefficient (Wildman–Crippen LogP) is 2.85. The lowest BCUT2D eigenvalue weighted by Gasteiger charge is -2.00. The SMILES string of the molecule is Cc1ncc(-c2ccc(Br)c(O)c2)[nH]1. The van der Waals surface area contributed by atoms with E-state index in [0.29, 0.717) is 4.47 Å². The second-order valence-electron chi connectivity index (χ2n) is 3.05.